The van der Waals surface area contributed by atoms with Crippen molar-refractivity contribution in [3.8, 4) is 11.5 Å². The first-order chi connectivity index (χ1) is 9.73. The van der Waals surface area contributed by atoms with Crippen LogP contribution < -0.4 is 0 Å². The van der Waals surface area contributed by atoms with Crippen LogP contribution >= 0.6 is 0 Å². The topological polar surface area (TPSA) is 49.5 Å². The molecule has 1 saturated carbocycles. The molecular formula is C16H18N2O2. The minimum atomic E-state index is -0.425. The standard InChI is InChI=1S/C16H18N2O2/c19-16(13-6-7-13)10-18(11-16)8-14-9-20-15(17-14)12-4-2-1-3-5-12/h1-5,9,13,19H,6-8,10-11H2. The molecule has 2 heterocycles. The first kappa shape index (κ1) is 12.1. The Kier molecular flexibility index (Phi) is 2.69. The minimum Gasteiger partial charge on any atom is -0.444 e. The third-order valence-electron chi connectivity index (χ3n) is 4.29. The van der Waals surface area contributed by atoms with Gasteiger partial charge in [0.2, 0.25) is 5.89 Å². The highest BCUT2D eigenvalue weighted by Crippen LogP contribution is 2.44. The molecule has 1 aliphatic heterocycles. The quantitative estimate of drug-likeness (QED) is 0.926. The molecule has 1 aliphatic carbocycles. The van der Waals surface area contributed by atoms with Gasteiger partial charge in [-0.25, -0.2) is 4.98 Å². The van der Waals surface area contributed by atoms with E-state index in [-0.39, 0.29) is 0 Å². The number of hydrogen-bond acceptors (Lipinski definition) is 4. The first-order valence-electron chi connectivity index (χ1n) is 7.17. The summed E-state index contributed by atoms with van der Waals surface area (Å²) in [7, 11) is 0. The molecule has 1 saturated heterocycles. The molecule has 0 radical (unpaired) electrons. The van der Waals surface area contributed by atoms with Crippen LogP contribution in [0.25, 0.3) is 11.5 Å². The third-order valence-corrected chi connectivity index (χ3v) is 4.29. The van der Waals surface area contributed by atoms with Gasteiger partial charge in [0.15, 0.2) is 0 Å². The van der Waals surface area contributed by atoms with E-state index in [1.54, 1.807) is 6.26 Å². The van der Waals surface area contributed by atoms with Crippen molar-refractivity contribution in [1.29, 1.82) is 0 Å². The van der Waals surface area contributed by atoms with Crippen molar-refractivity contribution >= 4 is 0 Å². The van der Waals surface area contributed by atoms with Gasteiger partial charge in [-0.2, -0.15) is 0 Å². The largest absolute Gasteiger partial charge is 0.444 e. The fraction of sp³-hybridized carbons (Fsp3) is 0.438. The lowest BCUT2D eigenvalue weighted by Gasteiger charge is -2.46. The van der Waals surface area contributed by atoms with Crippen LogP contribution in [-0.2, 0) is 6.54 Å². The zero-order valence-corrected chi connectivity index (χ0v) is 11.3. The summed E-state index contributed by atoms with van der Waals surface area (Å²) >= 11 is 0. The maximum atomic E-state index is 10.3. The van der Waals surface area contributed by atoms with Crippen molar-refractivity contribution in [2.24, 2.45) is 5.92 Å². The summed E-state index contributed by atoms with van der Waals surface area (Å²) in [4.78, 5) is 6.75. The fourth-order valence-electron chi connectivity index (χ4n) is 3.04. The number of oxazole rings is 1. The monoisotopic (exact) mass is 270 g/mol. The highest BCUT2D eigenvalue weighted by Gasteiger charge is 2.51. The minimum absolute atomic E-state index is 0.425. The normalized spacial score (nSPS) is 21.6. The SMILES string of the molecule is OC1(C2CC2)CN(Cc2coc(-c3ccccc3)n2)C1. The molecule has 2 aromatic rings. The summed E-state index contributed by atoms with van der Waals surface area (Å²) in [5.41, 5.74) is 1.50. The fourth-order valence-corrected chi connectivity index (χ4v) is 3.04. The third kappa shape index (κ3) is 2.15. The van der Waals surface area contributed by atoms with Crippen LogP contribution in [0.1, 0.15) is 18.5 Å². The number of aliphatic hydroxyl groups is 1. The molecule has 104 valence electrons. The zero-order valence-electron chi connectivity index (χ0n) is 11.3. The number of hydrogen-bond donors (Lipinski definition) is 1. The Balaban J connectivity index is 1.40. The molecule has 0 spiro atoms. The Morgan fingerprint density at radius 1 is 1.25 bits per heavy atom. The summed E-state index contributed by atoms with van der Waals surface area (Å²) in [6.07, 6.45) is 4.09. The predicted molar refractivity (Wildman–Crippen MR) is 74.9 cm³/mol. The molecule has 4 nitrogen and oxygen atoms in total. The van der Waals surface area contributed by atoms with Crippen molar-refractivity contribution in [3.63, 3.8) is 0 Å². The molecular weight excluding hydrogens is 252 g/mol. The second kappa shape index (κ2) is 4.43. The van der Waals surface area contributed by atoms with Crippen molar-refractivity contribution in [2.45, 2.75) is 25.0 Å². The van der Waals surface area contributed by atoms with Crippen molar-refractivity contribution in [3.05, 3.63) is 42.3 Å². The van der Waals surface area contributed by atoms with Crippen LogP contribution in [0.15, 0.2) is 41.0 Å². The van der Waals surface area contributed by atoms with Gasteiger partial charge in [-0.05, 0) is 30.9 Å². The molecule has 2 aliphatic rings. The molecule has 4 rings (SSSR count). The van der Waals surface area contributed by atoms with E-state index in [0.717, 1.165) is 30.9 Å². The van der Waals surface area contributed by atoms with Gasteiger partial charge in [-0.15, -0.1) is 0 Å². The van der Waals surface area contributed by atoms with E-state index in [1.807, 2.05) is 30.3 Å². The van der Waals surface area contributed by atoms with E-state index < -0.39 is 5.60 Å². The van der Waals surface area contributed by atoms with Gasteiger partial charge < -0.3 is 9.52 Å². The predicted octanol–water partition coefficient (Wildman–Crippen LogP) is 2.30. The van der Waals surface area contributed by atoms with Crippen LogP contribution in [0.4, 0.5) is 0 Å². The first-order valence-corrected chi connectivity index (χ1v) is 7.17. The summed E-state index contributed by atoms with van der Waals surface area (Å²) in [5.74, 6) is 1.20. The van der Waals surface area contributed by atoms with Crippen LogP contribution in [0, 0.1) is 5.92 Å². The molecule has 1 N–H and O–H groups in total. The smallest absolute Gasteiger partial charge is 0.226 e. The van der Waals surface area contributed by atoms with Gasteiger partial charge in [0.25, 0.3) is 0 Å². The van der Waals surface area contributed by atoms with Gasteiger partial charge in [0.05, 0.1) is 11.3 Å². The number of rotatable bonds is 4. The average molecular weight is 270 g/mol. The number of likely N-dealkylation sites (tertiary alicyclic amines) is 1. The second-order valence-electron chi connectivity index (χ2n) is 6.03. The van der Waals surface area contributed by atoms with Gasteiger partial charge in [0.1, 0.15) is 6.26 Å². The Morgan fingerprint density at radius 2 is 2.00 bits per heavy atom. The van der Waals surface area contributed by atoms with Gasteiger partial charge in [-0.3, -0.25) is 4.90 Å². The van der Waals surface area contributed by atoms with E-state index in [4.69, 9.17) is 4.42 Å². The number of β-amino-alcohol motifs (C(OH)–C–C–N with tert-alkyl or cyclic N) is 1. The van der Waals surface area contributed by atoms with E-state index >= 15 is 0 Å². The summed E-state index contributed by atoms with van der Waals surface area (Å²) < 4.78 is 5.53. The van der Waals surface area contributed by atoms with Crippen LogP contribution in [0.3, 0.4) is 0 Å². The molecule has 0 amide bonds. The van der Waals surface area contributed by atoms with Gasteiger partial charge in [0, 0.05) is 25.2 Å². The lowest BCUT2D eigenvalue weighted by Crippen LogP contribution is -2.62. The molecule has 4 heteroatoms. The Morgan fingerprint density at radius 3 is 2.70 bits per heavy atom. The van der Waals surface area contributed by atoms with Gasteiger partial charge in [-0.1, -0.05) is 18.2 Å². The molecule has 1 aromatic carbocycles. The molecule has 0 atom stereocenters. The Labute approximate surface area is 118 Å². The second-order valence-corrected chi connectivity index (χ2v) is 6.03. The van der Waals surface area contributed by atoms with E-state index in [2.05, 4.69) is 9.88 Å². The van der Waals surface area contributed by atoms with Crippen molar-refractivity contribution < 1.29 is 9.52 Å². The van der Waals surface area contributed by atoms with E-state index in [0.29, 0.717) is 11.8 Å². The van der Waals surface area contributed by atoms with Crippen LogP contribution in [0.2, 0.25) is 0 Å². The van der Waals surface area contributed by atoms with Gasteiger partial charge >= 0.3 is 0 Å². The zero-order chi connectivity index (χ0) is 13.6. The summed E-state index contributed by atoms with van der Waals surface area (Å²) in [5, 5.41) is 10.3. The molecule has 2 fully saturated rings. The number of aromatic nitrogens is 1. The Hall–Kier alpha value is -1.65. The number of benzene rings is 1. The van der Waals surface area contributed by atoms with Crippen LogP contribution in [-0.4, -0.2) is 33.7 Å². The number of nitrogens with zero attached hydrogens (tertiary/aromatic N) is 2. The molecule has 1 aromatic heterocycles. The average Bonchev–Trinajstić information content (AvgIpc) is 3.19. The van der Waals surface area contributed by atoms with E-state index in [9.17, 15) is 5.11 Å². The Bertz CT molecular complexity index is 598. The maximum absolute atomic E-state index is 10.3. The van der Waals surface area contributed by atoms with E-state index in [1.165, 1.54) is 12.8 Å². The lowest BCUT2D eigenvalue weighted by molar-refractivity contribution is -0.117. The molecule has 0 unspecified atom stereocenters. The maximum Gasteiger partial charge on any atom is 0.226 e. The molecule has 20 heavy (non-hydrogen) atoms. The van der Waals surface area contributed by atoms with Crippen molar-refractivity contribution in [2.75, 3.05) is 13.1 Å². The van der Waals surface area contributed by atoms with Crippen LogP contribution in [0.5, 0.6) is 0 Å². The highest BCUT2D eigenvalue weighted by atomic mass is 16.3. The highest BCUT2D eigenvalue weighted by molar-refractivity contribution is 5.52. The summed E-state index contributed by atoms with van der Waals surface area (Å²) in [6.45, 7) is 2.29. The van der Waals surface area contributed by atoms with Crippen molar-refractivity contribution in [1.82, 2.24) is 9.88 Å². The molecule has 0 bridgehead atoms. The summed E-state index contributed by atoms with van der Waals surface area (Å²) in [6, 6.07) is 9.91. The lowest BCUT2D eigenvalue weighted by atomic mass is 9.89.